The zero-order valence-electron chi connectivity index (χ0n) is 17.6. The van der Waals surface area contributed by atoms with Gasteiger partial charge in [0.2, 0.25) is 0 Å². The first-order valence-electron chi connectivity index (χ1n) is 10.9. The minimum Gasteiger partial charge on any atom is -0.399 e. The van der Waals surface area contributed by atoms with Gasteiger partial charge >= 0.3 is 0 Å². The minimum absolute atomic E-state index is 0.111. The van der Waals surface area contributed by atoms with E-state index in [4.69, 9.17) is 15.4 Å². The van der Waals surface area contributed by atoms with Gasteiger partial charge in [-0.25, -0.2) is 0 Å². The molecule has 0 aliphatic heterocycles. The molecule has 4 saturated carbocycles. The van der Waals surface area contributed by atoms with Gasteiger partial charge in [0.05, 0.1) is 11.4 Å². The largest absolute Gasteiger partial charge is 0.399 e. The zero-order chi connectivity index (χ0) is 19.9. The highest BCUT2D eigenvalue weighted by Crippen LogP contribution is 2.64. The Kier molecular flexibility index (Phi) is 5.27. The van der Waals surface area contributed by atoms with Crippen LogP contribution < -0.4 is 5.73 Å². The molecule has 0 aromatic heterocycles. The molecule has 2 N–H and O–H groups in total. The van der Waals surface area contributed by atoms with Gasteiger partial charge in [0, 0.05) is 24.3 Å². The molecule has 0 bridgehead atoms. The van der Waals surface area contributed by atoms with E-state index in [0.717, 1.165) is 57.1 Å². The van der Waals surface area contributed by atoms with Crippen molar-refractivity contribution in [3.63, 3.8) is 0 Å². The molecule has 0 aromatic rings. The minimum atomic E-state index is -0.111. The van der Waals surface area contributed by atoms with E-state index in [1.807, 2.05) is 0 Å². The molecule has 0 spiro atoms. The SMILES string of the molecule is CO/N=C1\CC2C(CC[C@]3(C)C(=O)CCC23)[C@@]2(C)CC/C(=N/OCCN)CC12. The van der Waals surface area contributed by atoms with Gasteiger partial charge in [-0.15, -0.1) is 0 Å². The molecule has 4 unspecified atom stereocenters. The molecule has 4 fully saturated rings. The van der Waals surface area contributed by atoms with Gasteiger partial charge < -0.3 is 15.4 Å². The molecule has 4 aliphatic rings. The smallest absolute Gasteiger partial charge is 0.139 e. The summed E-state index contributed by atoms with van der Waals surface area (Å²) in [4.78, 5) is 23.3. The van der Waals surface area contributed by atoms with E-state index in [9.17, 15) is 4.79 Å². The second kappa shape index (κ2) is 7.43. The number of nitrogens with zero attached hydrogens (tertiary/aromatic N) is 2. The van der Waals surface area contributed by atoms with E-state index in [2.05, 4.69) is 24.2 Å². The Morgan fingerprint density at radius 3 is 2.68 bits per heavy atom. The molecular formula is C22H35N3O3. The van der Waals surface area contributed by atoms with Crippen LogP contribution in [0.15, 0.2) is 10.3 Å². The fourth-order valence-electron chi connectivity index (χ4n) is 7.14. The summed E-state index contributed by atoms with van der Waals surface area (Å²) in [7, 11) is 1.64. The Morgan fingerprint density at radius 1 is 1.11 bits per heavy atom. The first kappa shape index (κ1) is 19.9. The lowest BCUT2D eigenvalue weighted by molar-refractivity contribution is -0.133. The molecule has 0 aromatic carbocycles. The summed E-state index contributed by atoms with van der Waals surface area (Å²) >= 11 is 0. The highest BCUT2D eigenvalue weighted by atomic mass is 16.6. The maximum absolute atomic E-state index is 12.6. The Hall–Kier alpha value is -1.43. The average Bonchev–Trinajstić information content (AvgIpc) is 2.98. The van der Waals surface area contributed by atoms with Crippen LogP contribution in [0, 0.1) is 34.5 Å². The number of rotatable bonds is 4. The van der Waals surface area contributed by atoms with Gasteiger partial charge in [0.1, 0.15) is 19.5 Å². The first-order chi connectivity index (χ1) is 13.4. The normalized spacial score (nSPS) is 45.5. The number of ketones is 1. The lowest BCUT2D eigenvalue weighted by Crippen LogP contribution is -2.56. The van der Waals surface area contributed by atoms with Crippen molar-refractivity contribution in [3.8, 4) is 0 Å². The van der Waals surface area contributed by atoms with Crippen molar-refractivity contribution in [2.45, 2.75) is 65.2 Å². The van der Waals surface area contributed by atoms with Gasteiger partial charge in [-0.2, -0.15) is 0 Å². The third-order valence-corrected chi connectivity index (χ3v) is 8.64. The van der Waals surface area contributed by atoms with Gasteiger partial charge in [-0.05, 0) is 68.1 Å². The highest BCUT2D eigenvalue weighted by Gasteiger charge is 2.61. The number of carbonyl (C=O) groups is 1. The van der Waals surface area contributed by atoms with Crippen LogP contribution in [0.4, 0.5) is 0 Å². The summed E-state index contributed by atoms with van der Waals surface area (Å²) in [5.41, 5.74) is 7.89. The van der Waals surface area contributed by atoms with Gasteiger partial charge in [0.15, 0.2) is 0 Å². The van der Waals surface area contributed by atoms with Crippen molar-refractivity contribution in [1.29, 1.82) is 0 Å². The van der Waals surface area contributed by atoms with E-state index in [-0.39, 0.29) is 10.8 Å². The van der Waals surface area contributed by atoms with Crippen LogP contribution in [0.5, 0.6) is 0 Å². The molecule has 0 radical (unpaired) electrons. The first-order valence-corrected chi connectivity index (χ1v) is 10.9. The highest BCUT2D eigenvalue weighted by molar-refractivity contribution is 5.96. The van der Waals surface area contributed by atoms with E-state index in [1.165, 1.54) is 5.71 Å². The van der Waals surface area contributed by atoms with Crippen molar-refractivity contribution < 1.29 is 14.5 Å². The van der Waals surface area contributed by atoms with Crippen molar-refractivity contribution in [1.82, 2.24) is 0 Å². The van der Waals surface area contributed by atoms with Crippen LogP contribution in [0.3, 0.4) is 0 Å². The fourth-order valence-corrected chi connectivity index (χ4v) is 7.14. The van der Waals surface area contributed by atoms with Crippen LogP contribution in [-0.2, 0) is 14.5 Å². The predicted octanol–water partition coefficient (Wildman–Crippen LogP) is 3.54. The summed E-state index contributed by atoms with van der Waals surface area (Å²) in [6.45, 7) is 5.63. The summed E-state index contributed by atoms with van der Waals surface area (Å²) in [5, 5.41) is 8.87. The molecule has 6 atom stereocenters. The van der Waals surface area contributed by atoms with E-state index in [1.54, 1.807) is 7.11 Å². The molecule has 6 nitrogen and oxygen atoms in total. The van der Waals surface area contributed by atoms with Gasteiger partial charge in [-0.3, -0.25) is 4.79 Å². The van der Waals surface area contributed by atoms with Gasteiger partial charge in [-0.1, -0.05) is 24.2 Å². The molecule has 156 valence electrons. The van der Waals surface area contributed by atoms with Crippen LogP contribution >= 0.6 is 0 Å². The molecule has 4 rings (SSSR count). The third kappa shape index (κ3) is 2.99. The van der Waals surface area contributed by atoms with E-state index in [0.29, 0.717) is 42.6 Å². The molecule has 0 heterocycles. The molecule has 4 aliphatic carbocycles. The number of hydrogen-bond donors (Lipinski definition) is 1. The predicted molar refractivity (Wildman–Crippen MR) is 109 cm³/mol. The maximum atomic E-state index is 12.6. The Balaban J connectivity index is 1.63. The standard InChI is InChI=1S/C22H35N3O3/c1-21-8-6-14(24-28-11-10-23)12-18(21)19(25-27-3)13-15-16-4-5-20(26)22(16,2)9-7-17(15)21/h15-18H,4-13,23H2,1-3H3/b24-14-,25-19+/t15?,16?,17?,18?,21-,22+/m1/s1. The zero-order valence-corrected chi connectivity index (χ0v) is 17.6. The van der Waals surface area contributed by atoms with Crippen LogP contribution in [0.2, 0.25) is 0 Å². The second-order valence-corrected chi connectivity index (χ2v) is 9.81. The molecule has 0 saturated heterocycles. The maximum Gasteiger partial charge on any atom is 0.139 e. The molecule has 28 heavy (non-hydrogen) atoms. The monoisotopic (exact) mass is 389 g/mol. The number of oxime groups is 2. The Bertz CT molecular complexity index is 691. The lowest BCUT2D eigenvalue weighted by Gasteiger charge is -2.59. The fraction of sp³-hybridized carbons (Fsp3) is 0.864. The summed E-state index contributed by atoms with van der Waals surface area (Å²) in [5.74, 6) is 2.55. The lowest BCUT2D eigenvalue weighted by atomic mass is 9.45. The Morgan fingerprint density at radius 2 is 1.93 bits per heavy atom. The summed E-state index contributed by atoms with van der Waals surface area (Å²) in [6, 6.07) is 0. The quantitative estimate of drug-likeness (QED) is 0.588. The van der Waals surface area contributed by atoms with Crippen molar-refractivity contribution in [3.05, 3.63) is 0 Å². The molecule has 6 heteroatoms. The Labute approximate surface area is 168 Å². The molecule has 0 amide bonds. The summed E-state index contributed by atoms with van der Waals surface area (Å²) in [6.07, 6.45) is 7.96. The van der Waals surface area contributed by atoms with Crippen LogP contribution in [-0.4, -0.2) is 37.5 Å². The van der Waals surface area contributed by atoms with Crippen LogP contribution in [0.25, 0.3) is 0 Å². The van der Waals surface area contributed by atoms with Crippen molar-refractivity contribution in [2.75, 3.05) is 20.3 Å². The van der Waals surface area contributed by atoms with Crippen LogP contribution in [0.1, 0.15) is 65.2 Å². The van der Waals surface area contributed by atoms with Gasteiger partial charge in [0.25, 0.3) is 0 Å². The van der Waals surface area contributed by atoms with Crippen molar-refractivity contribution in [2.24, 2.45) is 50.5 Å². The number of fused-ring (bicyclic) bond motifs is 5. The van der Waals surface area contributed by atoms with E-state index < -0.39 is 0 Å². The third-order valence-electron chi connectivity index (χ3n) is 8.64. The van der Waals surface area contributed by atoms with E-state index >= 15 is 0 Å². The number of Topliss-reactive ketones (excluding diaryl/α,β-unsaturated/α-hetero) is 1. The number of nitrogens with two attached hydrogens (primary N) is 1. The number of carbonyl (C=O) groups excluding carboxylic acids is 1. The average molecular weight is 390 g/mol. The van der Waals surface area contributed by atoms with Crippen molar-refractivity contribution >= 4 is 17.2 Å². The topological polar surface area (TPSA) is 86.3 Å². The molecular weight excluding hydrogens is 354 g/mol. The number of hydrogen-bond acceptors (Lipinski definition) is 6. The summed E-state index contributed by atoms with van der Waals surface area (Å²) < 4.78 is 0. The second-order valence-electron chi connectivity index (χ2n) is 9.81.